The third-order valence-electron chi connectivity index (χ3n) is 1.33. The van der Waals surface area contributed by atoms with Crippen molar-refractivity contribution in [2.24, 2.45) is 5.73 Å². The Hall–Kier alpha value is -0.420. The smallest absolute Gasteiger partial charge is 0.320 e. The first-order valence-corrected chi connectivity index (χ1v) is 5.32. The highest BCUT2D eigenvalue weighted by atomic mass is 31.2. The van der Waals surface area contributed by atoms with E-state index in [4.69, 9.17) is 20.8 Å². The van der Waals surface area contributed by atoms with Crippen molar-refractivity contribution in [2.45, 2.75) is 12.5 Å². The average molecular weight is 197 g/mol. The maximum absolute atomic E-state index is 10.8. The van der Waals surface area contributed by atoms with Gasteiger partial charge in [-0.2, -0.15) is 0 Å². The van der Waals surface area contributed by atoms with E-state index in [0.717, 1.165) is 0 Å². The highest BCUT2D eigenvalue weighted by molar-refractivity contribution is 7.57. The Kier molecular flexibility index (Phi) is 4.41. The van der Waals surface area contributed by atoms with E-state index >= 15 is 0 Å². The van der Waals surface area contributed by atoms with Gasteiger partial charge in [0, 0.05) is 6.16 Å². The topological polar surface area (TPSA) is 121 Å². The van der Waals surface area contributed by atoms with Crippen molar-refractivity contribution >= 4 is 13.3 Å². The first-order chi connectivity index (χ1) is 5.39. The molecule has 12 heavy (non-hydrogen) atoms. The summed E-state index contributed by atoms with van der Waals surface area (Å²) in [5, 5.41) is 16.6. The lowest BCUT2D eigenvalue weighted by Crippen LogP contribution is -2.30. The van der Waals surface area contributed by atoms with E-state index < -0.39 is 25.7 Å². The van der Waals surface area contributed by atoms with E-state index in [1.807, 2.05) is 0 Å². The molecule has 0 aliphatic carbocycles. The first kappa shape index (κ1) is 11.6. The van der Waals surface area contributed by atoms with E-state index in [-0.39, 0.29) is 12.6 Å². The van der Waals surface area contributed by atoms with Crippen molar-refractivity contribution in [1.82, 2.24) is 0 Å². The van der Waals surface area contributed by atoms with Crippen LogP contribution < -0.4 is 5.73 Å². The SMILES string of the molecule is N[C@@H](CCP(=O)(O)CO)C(=O)O. The van der Waals surface area contributed by atoms with Crippen LogP contribution in [0.25, 0.3) is 0 Å². The van der Waals surface area contributed by atoms with Gasteiger partial charge in [-0.25, -0.2) is 0 Å². The van der Waals surface area contributed by atoms with Gasteiger partial charge in [-0.05, 0) is 6.42 Å². The van der Waals surface area contributed by atoms with E-state index in [1.165, 1.54) is 0 Å². The molecule has 0 rings (SSSR count). The van der Waals surface area contributed by atoms with Crippen LogP contribution in [-0.4, -0.2) is 39.6 Å². The Bertz CT molecular complexity index is 206. The fraction of sp³-hybridized carbons (Fsp3) is 0.800. The summed E-state index contributed by atoms with van der Waals surface area (Å²) in [6.07, 6.45) is -1.21. The zero-order valence-corrected chi connectivity index (χ0v) is 7.28. The Labute approximate surface area is 69.5 Å². The number of carboxylic acids is 1. The summed E-state index contributed by atoms with van der Waals surface area (Å²) in [6.45, 7) is 0. The van der Waals surface area contributed by atoms with Gasteiger partial charge in [-0.1, -0.05) is 0 Å². The number of hydrogen-bond donors (Lipinski definition) is 4. The third kappa shape index (κ3) is 4.46. The highest BCUT2D eigenvalue weighted by Gasteiger charge is 2.20. The quantitative estimate of drug-likeness (QED) is 0.420. The molecular formula is C5H12NO5P. The molecule has 0 saturated heterocycles. The van der Waals surface area contributed by atoms with Crippen LogP contribution in [0.1, 0.15) is 6.42 Å². The second-order valence-corrected chi connectivity index (χ2v) is 4.87. The fourth-order valence-electron chi connectivity index (χ4n) is 0.535. The molecule has 0 aromatic rings. The second kappa shape index (κ2) is 4.57. The predicted molar refractivity (Wildman–Crippen MR) is 42.0 cm³/mol. The lowest BCUT2D eigenvalue weighted by molar-refractivity contribution is -0.138. The molecule has 6 nitrogen and oxygen atoms in total. The summed E-state index contributed by atoms with van der Waals surface area (Å²) in [5.41, 5.74) is 5.06. The maximum atomic E-state index is 10.8. The van der Waals surface area contributed by atoms with Crippen molar-refractivity contribution in [2.75, 3.05) is 12.5 Å². The largest absolute Gasteiger partial charge is 0.480 e. The molecule has 0 heterocycles. The van der Waals surface area contributed by atoms with Crippen LogP contribution >= 0.6 is 7.37 Å². The van der Waals surface area contributed by atoms with Crippen LogP contribution in [0.3, 0.4) is 0 Å². The van der Waals surface area contributed by atoms with Gasteiger partial charge in [0.15, 0.2) is 0 Å². The molecule has 0 fully saturated rings. The summed E-state index contributed by atoms with van der Waals surface area (Å²) in [7, 11) is -3.55. The third-order valence-corrected chi connectivity index (χ3v) is 2.73. The van der Waals surface area contributed by atoms with Gasteiger partial charge in [-0.15, -0.1) is 0 Å². The summed E-state index contributed by atoms with van der Waals surface area (Å²) >= 11 is 0. The predicted octanol–water partition coefficient (Wildman–Crippen LogP) is -0.991. The summed E-state index contributed by atoms with van der Waals surface area (Å²) < 4.78 is 10.8. The molecule has 0 aliphatic heterocycles. The molecule has 0 amide bonds. The number of nitrogens with two attached hydrogens (primary N) is 1. The van der Waals surface area contributed by atoms with Gasteiger partial charge >= 0.3 is 5.97 Å². The first-order valence-electron chi connectivity index (χ1n) is 3.29. The van der Waals surface area contributed by atoms with E-state index in [1.54, 1.807) is 0 Å². The van der Waals surface area contributed by atoms with Crippen LogP contribution in [0.2, 0.25) is 0 Å². The zero-order valence-electron chi connectivity index (χ0n) is 6.38. The number of carbonyl (C=O) groups is 1. The highest BCUT2D eigenvalue weighted by Crippen LogP contribution is 2.39. The minimum absolute atomic E-state index is 0.107. The fourth-order valence-corrected chi connectivity index (χ4v) is 1.36. The Morgan fingerprint density at radius 2 is 2.08 bits per heavy atom. The van der Waals surface area contributed by atoms with E-state index in [2.05, 4.69) is 0 Å². The minimum atomic E-state index is -3.55. The summed E-state index contributed by atoms with van der Waals surface area (Å²) in [6, 6.07) is -1.14. The molecule has 7 heteroatoms. The van der Waals surface area contributed by atoms with Crippen molar-refractivity contribution < 1.29 is 24.5 Å². The number of aliphatic hydroxyl groups is 1. The normalized spacial score (nSPS) is 18.2. The van der Waals surface area contributed by atoms with Crippen LogP contribution in [0.15, 0.2) is 0 Å². The molecule has 0 saturated carbocycles. The number of rotatable bonds is 5. The number of aliphatic carboxylic acids is 1. The van der Waals surface area contributed by atoms with Crippen molar-refractivity contribution in [3.05, 3.63) is 0 Å². The Balaban J connectivity index is 3.83. The van der Waals surface area contributed by atoms with Gasteiger partial charge in [0.05, 0.1) is 0 Å². The zero-order chi connectivity index (χ0) is 9.78. The second-order valence-electron chi connectivity index (χ2n) is 2.44. The van der Waals surface area contributed by atoms with Crippen LogP contribution in [0, 0.1) is 0 Å². The molecule has 0 aromatic heterocycles. The van der Waals surface area contributed by atoms with Gasteiger partial charge in [0.25, 0.3) is 0 Å². The van der Waals surface area contributed by atoms with E-state index in [9.17, 15) is 9.36 Å². The molecule has 2 atom stereocenters. The molecular weight excluding hydrogens is 185 g/mol. The molecule has 5 N–H and O–H groups in total. The molecule has 0 aliphatic rings. The maximum Gasteiger partial charge on any atom is 0.320 e. The van der Waals surface area contributed by atoms with Crippen molar-refractivity contribution in [3.8, 4) is 0 Å². The Morgan fingerprint density at radius 1 is 1.58 bits per heavy atom. The Morgan fingerprint density at radius 3 is 2.42 bits per heavy atom. The van der Waals surface area contributed by atoms with E-state index in [0.29, 0.717) is 0 Å². The average Bonchev–Trinajstić information content (AvgIpc) is 2.00. The summed E-state index contributed by atoms with van der Waals surface area (Å²) in [5.74, 6) is -1.21. The van der Waals surface area contributed by atoms with Gasteiger partial charge < -0.3 is 20.8 Å². The van der Waals surface area contributed by atoms with Crippen molar-refractivity contribution in [3.63, 3.8) is 0 Å². The van der Waals surface area contributed by atoms with Gasteiger partial charge in [0.2, 0.25) is 7.37 Å². The lowest BCUT2D eigenvalue weighted by atomic mass is 10.2. The molecule has 0 radical (unpaired) electrons. The molecule has 1 unspecified atom stereocenters. The molecule has 0 bridgehead atoms. The standard InChI is InChI=1S/C5H12NO5P/c6-4(5(8)9)1-2-12(10,11)3-7/h4,7H,1-3,6H2,(H,8,9)(H,10,11)/t4-/m0/s1. The van der Waals surface area contributed by atoms with Gasteiger partial charge in [-0.3, -0.25) is 9.36 Å². The molecule has 0 spiro atoms. The minimum Gasteiger partial charge on any atom is -0.480 e. The molecule has 72 valence electrons. The lowest BCUT2D eigenvalue weighted by Gasteiger charge is -2.09. The number of carboxylic acid groups (broad SMARTS) is 1. The van der Waals surface area contributed by atoms with Crippen LogP contribution in [0.4, 0.5) is 0 Å². The summed E-state index contributed by atoms with van der Waals surface area (Å²) in [4.78, 5) is 19.0. The molecule has 0 aromatic carbocycles. The number of aliphatic hydroxyl groups excluding tert-OH is 1. The van der Waals surface area contributed by atoms with Crippen molar-refractivity contribution in [1.29, 1.82) is 0 Å². The van der Waals surface area contributed by atoms with Crippen LogP contribution in [0.5, 0.6) is 0 Å². The van der Waals surface area contributed by atoms with Crippen LogP contribution in [-0.2, 0) is 9.36 Å². The number of hydrogen-bond acceptors (Lipinski definition) is 4. The monoisotopic (exact) mass is 197 g/mol. The van der Waals surface area contributed by atoms with Gasteiger partial charge in [0.1, 0.15) is 12.4 Å².